The van der Waals surface area contributed by atoms with Crippen LogP contribution in [0.5, 0.6) is 0 Å². The van der Waals surface area contributed by atoms with Crippen molar-refractivity contribution in [3.8, 4) is 0 Å². The van der Waals surface area contributed by atoms with Gasteiger partial charge in [-0.05, 0) is 49.0 Å². The third kappa shape index (κ3) is 5.02. The summed E-state index contributed by atoms with van der Waals surface area (Å²) in [5.74, 6) is -0.0629. The van der Waals surface area contributed by atoms with Gasteiger partial charge in [-0.2, -0.15) is 0 Å². The zero-order valence-electron chi connectivity index (χ0n) is 15.1. The van der Waals surface area contributed by atoms with E-state index in [1.54, 1.807) is 12.1 Å². The van der Waals surface area contributed by atoms with Crippen LogP contribution in [-0.2, 0) is 11.3 Å². The van der Waals surface area contributed by atoms with Crippen molar-refractivity contribution in [2.45, 2.75) is 45.7 Å². The molecule has 0 radical (unpaired) electrons. The lowest BCUT2D eigenvalue weighted by atomic mass is 9.92. The number of likely N-dealkylation sites (tertiary alicyclic amines) is 1. The molecule has 1 atom stereocenters. The van der Waals surface area contributed by atoms with E-state index < -0.39 is 0 Å². The van der Waals surface area contributed by atoms with Gasteiger partial charge in [-0.1, -0.05) is 32.4 Å². The molecule has 4 nitrogen and oxygen atoms in total. The molecule has 5 heteroatoms. The fourth-order valence-corrected chi connectivity index (χ4v) is 3.32. The number of benzene rings is 1. The molecule has 24 heavy (non-hydrogen) atoms. The Kier molecular flexibility index (Phi) is 6.35. The molecule has 1 aliphatic heterocycles. The molecule has 1 fully saturated rings. The molecule has 1 amide bonds. The van der Waals surface area contributed by atoms with Crippen LogP contribution in [0, 0.1) is 11.2 Å². The van der Waals surface area contributed by atoms with Crippen molar-refractivity contribution in [1.29, 1.82) is 0 Å². The Morgan fingerprint density at radius 2 is 2.00 bits per heavy atom. The van der Waals surface area contributed by atoms with Crippen LogP contribution in [-0.4, -0.2) is 48.4 Å². The van der Waals surface area contributed by atoms with E-state index in [1.807, 2.05) is 11.9 Å². The predicted octanol–water partition coefficient (Wildman–Crippen LogP) is 2.62. The van der Waals surface area contributed by atoms with E-state index >= 15 is 0 Å². The topological polar surface area (TPSA) is 49.6 Å². The first kappa shape index (κ1) is 18.9. The fraction of sp³-hybridized carbons (Fsp3) is 0.632. The molecule has 0 bridgehead atoms. The summed E-state index contributed by atoms with van der Waals surface area (Å²) in [6, 6.07) is 6.46. The molecule has 2 rings (SSSR count). The van der Waals surface area contributed by atoms with Crippen LogP contribution in [0.25, 0.3) is 0 Å². The van der Waals surface area contributed by atoms with Crippen LogP contribution >= 0.6 is 0 Å². The second-order valence-electron chi connectivity index (χ2n) is 7.67. The summed E-state index contributed by atoms with van der Waals surface area (Å²) in [5, 5.41) is 0. The number of hydrogen-bond acceptors (Lipinski definition) is 3. The maximum absolute atomic E-state index is 13.1. The first-order chi connectivity index (χ1) is 11.3. The van der Waals surface area contributed by atoms with Crippen molar-refractivity contribution in [1.82, 2.24) is 9.80 Å². The molecular formula is C19H30FN3O. The van der Waals surface area contributed by atoms with Gasteiger partial charge in [-0.3, -0.25) is 9.69 Å². The minimum atomic E-state index is -0.228. The quantitative estimate of drug-likeness (QED) is 0.869. The Balaban J connectivity index is 2.04. The first-order valence-corrected chi connectivity index (χ1v) is 8.76. The number of carbonyl (C=O) groups excluding carboxylic acids is 1. The van der Waals surface area contributed by atoms with Gasteiger partial charge < -0.3 is 10.6 Å². The third-order valence-corrected chi connectivity index (χ3v) is 4.79. The van der Waals surface area contributed by atoms with Crippen LogP contribution < -0.4 is 5.73 Å². The van der Waals surface area contributed by atoms with Crippen LogP contribution in [0.3, 0.4) is 0 Å². The molecule has 0 saturated carbocycles. The Morgan fingerprint density at radius 1 is 1.33 bits per heavy atom. The van der Waals surface area contributed by atoms with E-state index in [4.69, 9.17) is 5.73 Å². The standard InChI is InChI=1S/C19H30FN3O/c1-19(2,13-21)14-22(3)18(24)17-6-4-5-11-23(17)12-15-7-9-16(20)10-8-15/h7-10,17H,4-6,11-14,21H2,1-3H3. The number of rotatable bonds is 6. The largest absolute Gasteiger partial charge is 0.344 e. The highest BCUT2D eigenvalue weighted by Gasteiger charge is 2.32. The van der Waals surface area contributed by atoms with Crippen molar-refractivity contribution in [3.05, 3.63) is 35.6 Å². The minimum Gasteiger partial charge on any atom is -0.344 e. The van der Waals surface area contributed by atoms with E-state index in [0.717, 1.165) is 31.4 Å². The average molecular weight is 335 g/mol. The SMILES string of the molecule is CN(CC(C)(C)CN)C(=O)C1CCCCN1Cc1ccc(F)cc1. The molecule has 1 saturated heterocycles. The molecular weight excluding hydrogens is 305 g/mol. The number of amides is 1. The number of nitrogens with two attached hydrogens (primary N) is 1. The van der Waals surface area contributed by atoms with E-state index in [-0.39, 0.29) is 23.2 Å². The van der Waals surface area contributed by atoms with Crippen molar-refractivity contribution < 1.29 is 9.18 Å². The summed E-state index contributed by atoms with van der Waals surface area (Å²) >= 11 is 0. The molecule has 1 aliphatic rings. The highest BCUT2D eigenvalue weighted by molar-refractivity contribution is 5.81. The number of piperidine rings is 1. The zero-order chi connectivity index (χ0) is 17.7. The fourth-order valence-electron chi connectivity index (χ4n) is 3.32. The Labute approximate surface area is 144 Å². The number of carbonyl (C=O) groups is 1. The molecule has 134 valence electrons. The summed E-state index contributed by atoms with van der Waals surface area (Å²) in [6.45, 7) is 6.95. The number of nitrogens with zero attached hydrogens (tertiary/aromatic N) is 2. The maximum atomic E-state index is 13.1. The molecule has 1 aromatic carbocycles. The van der Waals surface area contributed by atoms with Gasteiger partial charge in [0.05, 0.1) is 6.04 Å². The smallest absolute Gasteiger partial charge is 0.239 e. The van der Waals surface area contributed by atoms with Crippen molar-refractivity contribution in [2.24, 2.45) is 11.1 Å². The maximum Gasteiger partial charge on any atom is 0.239 e. The molecule has 0 aliphatic carbocycles. The van der Waals surface area contributed by atoms with Crippen LogP contribution in [0.15, 0.2) is 24.3 Å². The number of hydrogen-bond donors (Lipinski definition) is 1. The average Bonchev–Trinajstić information content (AvgIpc) is 2.56. The molecule has 1 unspecified atom stereocenters. The molecule has 1 aromatic rings. The van der Waals surface area contributed by atoms with Gasteiger partial charge in [0.15, 0.2) is 0 Å². The summed E-state index contributed by atoms with van der Waals surface area (Å²) in [5.41, 5.74) is 6.76. The van der Waals surface area contributed by atoms with E-state index in [0.29, 0.717) is 19.6 Å². The van der Waals surface area contributed by atoms with Gasteiger partial charge in [0.25, 0.3) is 0 Å². The highest BCUT2D eigenvalue weighted by Crippen LogP contribution is 2.23. The first-order valence-electron chi connectivity index (χ1n) is 8.76. The summed E-state index contributed by atoms with van der Waals surface area (Å²) in [4.78, 5) is 17.0. The van der Waals surface area contributed by atoms with E-state index in [1.165, 1.54) is 12.1 Å². The minimum absolute atomic E-state index is 0.0825. The Bertz CT molecular complexity index is 544. The van der Waals surface area contributed by atoms with E-state index in [9.17, 15) is 9.18 Å². The highest BCUT2D eigenvalue weighted by atomic mass is 19.1. The molecule has 0 spiro atoms. The van der Waals surface area contributed by atoms with Crippen LogP contribution in [0.1, 0.15) is 38.7 Å². The zero-order valence-corrected chi connectivity index (χ0v) is 15.1. The molecule has 0 aromatic heterocycles. The van der Waals surface area contributed by atoms with Crippen LogP contribution in [0.2, 0.25) is 0 Å². The monoisotopic (exact) mass is 335 g/mol. The number of likely N-dealkylation sites (N-methyl/N-ethyl adjacent to an activating group) is 1. The lowest BCUT2D eigenvalue weighted by molar-refractivity contribution is -0.138. The second kappa shape index (κ2) is 8.08. The van der Waals surface area contributed by atoms with E-state index in [2.05, 4.69) is 18.7 Å². The van der Waals surface area contributed by atoms with Gasteiger partial charge in [-0.25, -0.2) is 4.39 Å². The number of halogens is 1. The predicted molar refractivity (Wildman–Crippen MR) is 94.9 cm³/mol. The van der Waals surface area contributed by atoms with Crippen molar-refractivity contribution >= 4 is 5.91 Å². The van der Waals surface area contributed by atoms with Gasteiger partial charge >= 0.3 is 0 Å². The summed E-state index contributed by atoms with van der Waals surface area (Å²) in [7, 11) is 1.87. The lowest BCUT2D eigenvalue weighted by Gasteiger charge is -2.38. The lowest BCUT2D eigenvalue weighted by Crippen LogP contribution is -2.51. The second-order valence-corrected chi connectivity index (χ2v) is 7.67. The normalized spacial score (nSPS) is 19.3. The summed E-state index contributed by atoms with van der Waals surface area (Å²) < 4.78 is 13.1. The summed E-state index contributed by atoms with van der Waals surface area (Å²) in [6.07, 6.45) is 3.06. The van der Waals surface area contributed by atoms with Gasteiger partial charge in [0, 0.05) is 20.1 Å². The molecule has 1 heterocycles. The van der Waals surface area contributed by atoms with Gasteiger partial charge in [0.1, 0.15) is 5.82 Å². The Hall–Kier alpha value is -1.46. The third-order valence-electron chi connectivity index (χ3n) is 4.79. The van der Waals surface area contributed by atoms with Gasteiger partial charge in [-0.15, -0.1) is 0 Å². The van der Waals surface area contributed by atoms with Crippen LogP contribution in [0.4, 0.5) is 4.39 Å². The van der Waals surface area contributed by atoms with Crippen molar-refractivity contribution in [2.75, 3.05) is 26.7 Å². The van der Waals surface area contributed by atoms with Crippen molar-refractivity contribution in [3.63, 3.8) is 0 Å². The molecule has 2 N–H and O–H groups in total. The van der Waals surface area contributed by atoms with Gasteiger partial charge in [0.2, 0.25) is 5.91 Å². The Morgan fingerprint density at radius 3 is 2.62 bits per heavy atom.